The molecule has 0 radical (unpaired) electrons. The topological polar surface area (TPSA) is 0 Å². The number of rotatable bonds is 0. The fraction of sp³-hybridized carbons (Fsp3) is 0.158. The van der Waals surface area contributed by atoms with Crippen molar-refractivity contribution in [1.82, 2.24) is 0 Å². The predicted molar refractivity (Wildman–Crippen MR) is 507 cm³/mol. The summed E-state index contributed by atoms with van der Waals surface area (Å²) in [6.45, 7) is 39.4. The lowest BCUT2D eigenvalue weighted by Gasteiger charge is -2.15. The molecule has 0 amide bonds. The molecule has 22 rings (SSSR count). The lowest BCUT2D eigenvalue weighted by molar-refractivity contribution is 1.13. The van der Waals surface area contributed by atoms with Crippen LogP contribution in [0.5, 0.6) is 0 Å². The molecule has 558 valence electrons. The quantitative estimate of drug-likeness (QED) is 0.105. The molecule has 114 heavy (non-hydrogen) atoms. The van der Waals surface area contributed by atoms with E-state index in [1.807, 2.05) is 0 Å². The number of benzene rings is 22. The average molecular weight is 1470 g/mol. The van der Waals surface area contributed by atoms with Gasteiger partial charge in [0.25, 0.3) is 0 Å². The smallest absolute Gasteiger partial charge is 0.00239 e. The van der Waals surface area contributed by atoms with Gasteiger partial charge in [-0.25, -0.2) is 0 Å². The van der Waals surface area contributed by atoms with Crippen molar-refractivity contribution in [2.75, 3.05) is 0 Å². The molecule has 0 unspecified atom stereocenters. The van der Waals surface area contributed by atoms with Gasteiger partial charge in [0.05, 0.1) is 0 Å². The van der Waals surface area contributed by atoms with Crippen LogP contribution in [0.2, 0.25) is 0 Å². The maximum Gasteiger partial charge on any atom is -0.00239 e. The Hall–Kier alpha value is -12.5. The molecule has 0 aliphatic heterocycles. The standard InChI is InChI=1S/3C18H14.3C16H14.C12H18/c1-11-9-13-5-4-8-16-12(2)10-14-6-3-7-15(11)17(14)18(13)16;1-11-7-13-3-5-15-9-12(2)10-16-6-4-14(8-11)17(13)18(15)16;1-11-3-5-13-8-10-16-12(2)4-6-14-7-9-15(11)17(13)18(14)16;1-11-3-5-13-10-16-8-12(2)4-6-14(16)9-15(13)7-11;1-11-6-5-9-15-12(2)14-8-4-3-7-13(14)10-16(11)15;1-11-7-8-12(2)16-10-14-6-4-3-5-13(14)9-15(11)16;1-7-8(2)10(4)12(6)11(5)9(7)3/h3*3-10H,1-2H3;3*3-10H,1-2H3;1-6H3. The van der Waals surface area contributed by atoms with Gasteiger partial charge in [-0.05, 0) is 406 Å². The van der Waals surface area contributed by atoms with Crippen molar-refractivity contribution in [1.29, 1.82) is 0 Å². The molecule has 0 nitrogen and oxygen atoms in total. The van der Waals surface area contributed by atoms with Gasteiger partial charge in [-0.3, -0.25) is 0 Å². The van der Waals surface area contributed by atoms with Crippen molar-refractivity contribution in [2.24, 2.45) is 0 Å². The zero-order valence-corrected chi connectivity index (χ0v) is 69.7. The van der Waals surface area contributed by atoms with Crippen LogP contribution < -0.4 is 0 Å². The second kappa shape index (κ2) is 30.9. The van der Waals surface area contributed by atoms with E-state index in [1.165, 1.54) is 262 Å². The normalized spacial score (nSPS) is 11.4. The minimum Gasteiger partial charge on any atom is -0.0616 e. The average Bonchev–Trinajstić information content (AvgIpc) is 0.736. The minimum absolute atomic E-state index is 1.32. The molecule has 0 heterocycles. The van der Waals surface area contributed by atoms with Gasteiger partial charge in [0.15, 0.2) is 0 Å². The highest BCUT2D eigenvalue weighted by molar-refractivity contribution is 6.26. The van der Waals surface area contributed by atoms with Crippen LogP contribution in [0.25, 0.3) is 162 Å². The van der Waals surface area contributed by atoms with Crippen LogP contribution in [-0.2, 0) is 0 Å². The maximum atomic E-state index is 2.31. The maximum absolute atomic E-state index is 2.31. The lowest BCUT2D eigenvalue weighted by Crippen LogP contribution is -1.98. The number of aryl methyl sites for hydroxylation is 12. The summed E-state index contributed by atoms with van der Waals surface area (Å²) in [5, 5.41) is 41.0. The lowest BCUT2D eigenvalue weighted by atomic mass is 9.90. The van der Waals surface area contributed by atoms with E-state index in [1.54, 1.807) is 0 Å². The Morgan fingerprint density at radius 3 is 0.807 bits per heavy atom. The summed E-state index contributed by atoms with van der Waals surface area (Å²) in [6.07, 6.45) is 0. The first kappa shape index (κ1) is 75.6. The van der Waals surface area contributed by atoms with Gasteiger partial charge < -0.3 is 0 Å². The van der Waals surface area contributed by atoms with Crippen molar-refractivity contribution >= 4 is 162 Å². The second-order valence-corrected chi connectivity index (χ2v) is 32.8. The van der Waals surface area contributed by atoms with E-state index in [0.29, 0.717) is 0 Å². The summed E-state index contributed by atoms with van der Waals surface area (Å²) < 4.78 is 0. The molecule has 0 aliphatic carbocycles. The molecule has 22 aromatic carbocycles. The van der Waals surface area contributed by atoms with Gasteiger partial charge in [-0.15, -0.1) is 0 Å². The van der Waals surface area contributed by atoms with E-state index in [-0.39, 0.29) is 0 Å². The molecule has 22 aromatic rings. The SMILES string of the molecule is Cc1c(C)c(C)c(C)c(C)c1C.Cc1cc2ccc3cc(C)cc4ccc(c1)c2c34.Cc1cc2cccc3c(C)cc4cccc1c4c23.Cc1ccc(C)c2cc3ccccc3cc12.Cc1ccc2cc3cc(C)ccc3cc2c1.Cc1ccc2ccc3c(C)ccc4ccc1c2c43.Cc1cccc2c(C)c3ccccc3cc12. The van der Waals surface area contributed by atoms with E-state index in [4.69, 9.17) is 0 Å². The molecule has 0 N–H and O–H groups in total. The number of hydrogen-bond acceptors (Lipinski definition) is 0. The highest BCUT2D eigenvalue weighted by atomic mass is 14.2. The molecule has 0 bridgehead atoms. The minimum atomic E-state index is 1.32. The largest absolute Gasteiger partial charge is 0.0616 e. The first-order valence-corrected chi connectivity index (χ1v) is 40.6. The third-order valence-corrected chi connectivity index (χ3v) is 25.2. The predicted octanol–water partition coefficient (Wildman–Crippen LogP) is 33.0. The molecule has 0 fully saturated rings. The van der Waals surface area contributed by atoms with Crippen LogP contribution in [0, 0.1) is 125 Å². The Balaban J connectivity index is 0.000000101. The summed E-state index contributed by atoms with van der Waals surface area (Å²) in [5.74, 6) is 0. The summed E-state index contributed by atoms with van der Waals surface area (Å²) in [4.78, 5) is 0. The molecular weight excluding hydrogens is 1370 g/mol. The van der Waals surface area contributed by atoms with Crippen LogP contribution in [-0.4, -0.2) is 0 Å². The van der Waals surface area contributed by atoms with Crippen molar-refractivity contribution in [3.05, 3.63) is 391 Å². The van der Waals surface area contributed by atoms with Gasteiger partial charge in [-0.2, -0.15) is 0 Å². The zero-order valence-electron chi connectivity index (χ0n) is 69.7. The molecule has 0 aliphatic rings. The number of hydrogen-bond donors (Lipinski definition) is 0. The molecule has 0 aromatic heterocycles. The van der Waals surface area contributed by atoms with Crippen molar-refractivity contribution < 1.29 is 0 Å². The monoisotopic (exact) mass is 1470 g/mol. The third kappa shape index (κ3) is 14.2. The van der Waals surface area contributed by atoms with Gasteiger partial charge in [0.2, 0.25) is 0 Å². The van der Waals surface area contributed by atoms with Crippen molar-refractivity contribution in [3.63, 3.8) is 0 Å². The van der Waals surface area contributed by atoms with Crippen molar-refractivity contribution in [2.45, 2.75) is 125 Å². The Kier molecular flexibility index (Phi) is 20.5. The summed E-state index contributed by atoms with van der Waals surface area (Å²) in [7, 11) is 0. The highest BCUT2D eigenvalue weighted by Crippen LogP contribution is 2.41. The molecule has 0 atom stereocenters. The first-order valence-electron chi connectivity index (χ1n) is 40.6. The van der Waals surface area contributed by atoms with Crippen molar-refractivity contribution in [3.8, 4) is 0 Å². The first-order chi connectivity index (χ1) is 54.9. The molecule has 0 spiro atoms. The van der Waals surface area contributed by atoms with Gasteiger partial charge in [0, 0.05) is 0 Å². The van der Waals surface area contributed by atoms with Gasteiger partial charge >= 0.3 is 0 Å². The van der Waals surface area contributed by atoms with E-state index in [0.717, 1.165) is 0 Å². The summed E-state index contributed by atoms with van der Waals surface area (Å²) >= 11 is 0. The summed E-state index contributed by atoms with van der Waals surface area (Å²) in [6, 6.07) is 107. The van der Waals surface area contributed by atoms with Crippen LogP contribution >= 0.6 is 0 Å². The van der Waals surface area contributed by atoms with E-state index in [2.05, 4.69) is 416 Å². The molecule has 0 saturated carbocycles. The second-order valence-electron chi connectivity index (χ2n) is 32.8. The fourth-order valence-corrected chi connectivity index (χ4v) is 18.2. The summed E-state index contributed by atoms with van der Waals surface area (Å²) in [5.41, 5.74) is 24.9. The fourth-order valence-electron chi connectivity index (χ4n) is 18.2. The highest BCUT2D eigenvalue weighted by Gasteiger charge is 2.16. The Morgan fingerprint density at radius 1 is 0.114 bits per heavy atom. The van der Waals surface area contributed by atoms with E-state index < -0.39 is 0 Å². The van der Waals surface area contributed by atoms with E-state index >= 15 is 0 Å². The Labute approximate surface area is 673 Å². The third-order valence-electron chi connectivity index (χ3n) is 25.2. The number of fused-ring (bicyclic) bond motifs is 6. The van der Waals surface area contributed by atoms with Gasteiger partial charge in [0.1, 0.15) is 0 Å². The van der Waals surface area contributed by atoms with Crippen LogP contribution in [0.4, 0.5) is 0 Å². The molecule has 0 saturated heterocycles. The Morgan fingerprint density at radius 2 is 0.377 bits per heavy atom. The van der Waals surface area contributed by atoms with Crippen LogP contribution in [0.1, 0.15) is 100 Å². The molecule has 0 heteroatoms. The molecular formula is C114H102. The van der Waals surface area contributed by atoms with Gasteiger partial charge in [-0.1, -0.05) is 272 Å². The zero-order chi connectivity index (χ0) is 79.7. The van der Waals surface area contributed by atoms with Crippen LogP contribution in [0.15, 0.2) is 291 Å². The van der Waals surface area contributed by atoms with Crippen LogP contribution in [0.3, 0.4) is 0 Å². The Bertz CT molecular complexity index is 6920. The van der Waals surface area contributed by atoms with E-state index in [9.17, 15) is 0 Å².